The Kier molecular flexibility index (Phi) is 5.58. The van der Waals surface area contributed by atoms with E-state index in [0.29, 0.717) is 6.42 Å². The van der Waals surface area contributed by atoms with Gasteiger partial charge in [-0.05, 0) is 36.5 Å². The monoisotopic (exact) mass is 336 g/mol. The van der Waals surface area contributed by atoms with E-state index in [1.165, 1.54) is 16.7 Å². The first-order chi connectivity index (χ1) is 12.2. The highest BCUT2D eigenvalue weighted by Crippen LogP contribution is 2.22. The molecule has 5 nitrogen and oxygen atoms in total. The molecular formula is C20H24N4O. The highest BCUT2D eigenvalue weighted by Gasteiger charge is 2.29. The van der Waals surface area contributed by atoms with Crippen molar-refractivity contribution in [2.75, 3.05) is 0 Å². The molecule has 1 aliphatic rings. The van der Waals surface area contributed by atoms with Crippen molar-refractivity contribution >= 4 is 12.1 Å². The highest BCUT2D eigenvalue weighted by atomic mass is 16.2. The van der Waals surface area contributed by atoms with E-state index in [-0.39, 0.29) is 18.0 Å². The fourth-order valence-corrected chi connectivity index (χ4v) is 2.83. The summed E-state index contributed by atoms with van der Waals surface area (Å²) in [5.41, 5.74) is 13.5. The molecule has 0 aromatic heterocycles. The van der Waals surface area contributed by atoms with E-state index in [9.17, 15) is 4.79 Å². The smallest absolute Gasteiger partial charge is 0.258 e. The van der Waals surface area contributed by atoms with Gasteiger partial charge in [0.25, 0.3) is 5.91 Å². The van der Waals surface area contributed by atoms with Crippen LogP contribution in [0, 0.1) is 6.92 Å². The molecule has 2 unspecified atom stereocenters. The Morgan fingerprint density at radius 1 is 1.16 bits per heavy atom. The maximum Gasteiger partial charge on any atom is 0.258 e. The van der Waals surface area contributed by atoms with Crippen molar-refractivity contribution in [1.82, 2.24) is 16.3 Å². The number of benzene rings is 2. The number of nitrogens with zero attached hydrogens (tertiary/aromatic N) is 1. The molecule has 2 aromatic carbocycles. The van der Waals surface area contributed by atoms with E-state index in [1.54, 1.807) is 6.21 Å². The van der Waals surface area contributed by atoms with E-state index in [4.69, 9.17) is 0 Å². The first-order valence-electron chi connectivity index (χ1n) is 8.65. The number of hydrogen-bond donors (Lipinski definition) is 3. The van der Waals surface area contributed by atoms with E-state index in [2.05, 4.69) is 52.6 Å². The highest BCUT2D eigenvalue weighted by molar-refractivity contribution is 5.85. The van der Waals surface area contributed by atoms with Crippen LogP contribution in [0.15, 0.2) is 53.6 Å². The average Bonchev–Trinajstić information content (AvgIpc) is 3.13. The second-order valence-corrected chi connectivity index (χ2v) is 6.37. The molecule has 1 aliphatic heterocycles. The van der Waals surface area contributed by atoms with Crippen LogP contribution in [0.3, 0.4) is 0 Å². The Balaban J connectivity index is 1.52. The largest absolute Gasteiger partial charge is 0.271 e. The van der Waals surface area contributed by atoms with Crippen molar-refractivity contribution in [1.29, 1.82) is 0 Å². The molecule has 1 amide bonds. The number of hydrazone groups is 1. The summed E-state index contributed by atoms with van der Waals surface area (Å²) in [6.07, 6.45) is 3.37. The van der Waals surface area contributed by atoms with E-state index in [1.807, 2.05) is 31.2 Å². The minimum absolute atomic E-state index is 0.128. The molecule has 5 heteroatoms. The second-order valence-electron chi connectivity index (χ2n) is 6.37. The molecule has 2 aromatic rings. The van der Waals surface area contributed by atoms with Crippen LogP contribution in [0.4, 0.5) is 0 Å². The van der Waals surface area contributed by atoms with Crippen molar-refractivity contribution in [2.45, 2.75) is 38.8 Å². The molecule has 0 aliphatic carbocycles. The molecule has 3 rings (SSSR count). The maximum absolute atomic E-state index is 12.2. The van der Waals surface area contributed by atoms with Gasteiger partial charge in [0.05, 0.1) is 6.21 Å². The quantitative estimate of drug-likeness (QED) is 0.581. The zero-order chi connectivity index (χ0) is 17.6. The maximum atomic E-state index is 12.2. The lowest BCUT2D eigenvalue weighted by atomic mass is 10.00. The zero-order valence-electron chi connectivity index (χ0n) is 14.6. The van der Waals surface area contributed by atoms with Gasteiger partial charge in [0, 0.05) is 6.04 Å². The number of carbonyl (C=O) groups is 1. The van der Waals surface area contributed by atoms with Gasteiger partial charge in [-0.25, -0.2) is 16.3 Å². The van der Waals surface area contributed by atoms with Gasteiger partial charge in [-0.1, -0.05) is 61.0 Å². The Morgan fingerprint density at radius 3 is 2.56 bits per heavy atom. The zero-order valence-corrected chi connectivity index (χ0v) is 14.6. The van der Waals surface area contributed by atoms with Crippen LogP contribution in [0.25, 0.3) is 0 Å². The molecule has 2 atom stereocenters. The SMILES string of the molecule is CCc1ccc(C2CC(C(=O)N/N=C/c3ccc(C)cc3)NN2)cc1. The van der Waals surface area contributed by atoms with Crippen LogP contribution < -0.4 is 16.3 Å². The molecule has 0 bridgehead atoms. The normalized spacial score (nSPS) is 20.1. The third kappa shape index (κ3) is 4.53. The number of hydrazine groups is 1. The van der Waals surface area contributed by atoms with Crippen molar-refractivity contribution < 1.29 is 4.79 Å². The molecular weight excluding hydrogens is 312 g/mol. The van der Waals surface area contributed by atoms with E-state index in [0.717, 1.165) is 12.0 Å². The van der Waals surface area contributed by atoms with E-state index >= 15 is 0 Å². The lowest BCUT2D eigenvalue weighted by molar-refractivity contribution is -0.122. The third-order valence-electron chi connectivity index (χ3n) is 4.48. The number of carbonyl (C=O) groups excluding carboxylic acids is 1. The van der Waals surface area contributed by atoms with Gasteiger partial charge in [0.1, 0.15) is 6.04 Å². The Labute approximate surface area is 148 Å². The fourth-order valence-electron chi connectivity index (χ4n) is 2.83. The lowest BCUT2D eigenvalue weighted by Gasteiger charge is -2.10. The lowest BCUT2D eigenvalue weighted by Crippen LogP contribution is -2.41. The summed E-state index contributed by atoms with van der Waals surface area (Å²) in [6, 6.07) is 16.3. The molecule has 3 N–H and O–H groups in total. The minimum Gasteiger partial charge on any atom is -0.271 e. The van der Waals surface area contributed by atoms with Gasteiger partial charge < -0.3 is 0 Å². The number of aryl methyl sites for hydroxylation is 2. The number of hydrogen-bond acceptors (Lipinski definition) is 4. The van der Waals surface area contributed by atoms with Crippen molar-refractivity contribution in [3.05, 3.63) is 70.8 Å². The van der Waals surface area contributed by atoms with Crippen molar-refractivity contribution in [3.63, 3.8) is 0 Å². The standard InChI is InChI=1S/C20H24N4O/c1-3-15-8-10-17(11-9-15)18-12-19(23-22-18)20(25)24-21-13-16-6-4-14(2)5-7-16/h4-11,13,18-19,22-23H,3,12H2,1-2H3,(H,24,25)/b21-13+. The Hall–Kier alpha value is -2.50. The molecule has 0 saturated carbocycles. The number of nitrogens with one attached hydrogen (secondary N) is 3. The van der Waals surface area contributed by atoms with Gasteiger partial charge in [0.2, 0.25) is 0 Å². The molecule has 130 valence electrons. The van der Waals surface area contributed by atoms with Crippen LogP contribution in [0.1, 0.15) is 41.6 Å². The van der Waals surface area contributed by atoms with Gasteiger partial charge in [-0.3, -0.25) is 4.79 Å². The van der Waals surface area contributed by atoms with Crippen LogP contribution in [0.2, 0.25) is 0 Å². The van der Waals surface area contributed by atoms with Gasteiger partial charge in [-0.2, -0.15) is 5.10 Å². The first-order valence-corrected chi connectivity index (χ1v) is 8.65. The second kappa shape index (κ2) is 8.05. The summed E-state index contributed by atoms with van der Waals surface area (Å²) >= 11 is 0. The molecule has 1 fully saturated rings. The minimum atomic E-state index is -0.300. The molecule has 0 radical (unpaired) electrons. The molecule has 1 saturated heterocycles. The predicted molar refractivity (Wildman–Crippen MR) is 100 cm³/mol. The summed E-state index contributed by atoms with van der Waals surface area (Å²) in [4.78, 5) is 12.2. The summed E-state index contributed by atoms with van der Waals surface area (Å²) < 4.78 is 0. The average molecular weight is 336 g/mol. The first kappa shape index (κ1) is 17.3. The van der Waals surface area contributed by atoms with Crippen LogP contribution in [0.5, 0.6) is 0 Å². The summed E-state index contributed by atoms with van der Waals surface area (Å²) in [5, 5.41) is 4.04. The number of rotatable bonds is 5. The predicted octanol–water partition coefficient (Wildman–Crippen LogP) is 2.62. The van der Waals surface area contributed by atoms with Crippen LogP contribution in [-0.2, 0) is 11.2 Å². The topological polar surface area (TPSA) is 65.5 Å². The van der Waals surface area contributed by atoms with Gasteiger partial charge in [0.15, 0.2) is 0 Å². The Bertz CT molecular complexity index is 737. The van der Waals surface area contributed by atoms with Gasteiger partial charge in [-0.15, -0.1) is 0 Å². The van der Waals surface area contributed by atoms with Gasteiger partial charge >= 0.3 is 0 Å². The molecule has 1 heterocycles. The van der Waals surface area contributed by atoms with Crippen molar-refractivity contribution in [2.24, 2.45) is 5.10 Å². The summed E-state index contributed by atoms with van der Waals surface area (Å²) in [7, 11) is 0. The third-order valence-corrected chi connectivity index (χ3v) is 4.48. The van der Waals surface area contributed by atoms with Crippen LogP contribution in [-0.4, -0.2) is 18.2 Å². The van der Waals surface area contributed by atoms with Crippen LogP contribution >= 0.6 is 0 Å². The van der Waals surface area contributed by atoms with E-state index < -0.39 is 0 Å². The number of amides is 1. The molecule has 0 spiro atoms. The summed E-state index contributed by atoms with van der Waals surface area (Å²) in [6.45, 7) is 4.18. The molecule has 25 heavy (non-hydrogen) atoms. The summed E-state index contributed by atoms with van der Waals surface area (Å²) in [5.74, 6) is -0.136. The van der Waals surface area contributed by atoms with Crippen molar-refractivity contribution in [3.8, 4) is 0 Å². The fraction of sp³-hybridized carbons (Fsp3) is 0.300. The Morgan fingerprint density at radius 2 is 1.88 bits per heavy atom.